The van der Waals surface area contributed by atoms with E-state index in [0.29, 0.717) is 5.92 Å². The minimum absolute atomic E-state index is 0.102. The van der Waals surface area contributed by atoms with Gasteiger partial charge in [-0.25, -0.2) is 0 Å². The van der Waals surface area contributed by atoms with Gasteiger partial charge in [-0.1, -0.05) is 27.7 Å². The topological polar surface area (TPSA) is 40.5 Å². The monoisotopic (exact) mass is 174 g/mol. The van der Waals surface area contributed by atoms with Crippen molar-refractivity contribution < 1.29 is 10.2 Å². The molecule has 12 heavy (non-hydrogen) atoms. The van der Waals surface area contributed by atoms with Crippen molar-refractivity contribution in [2.45, 2.75) is 46.6 Å². The molecular weight excluding hydrogens is 152 g/mol. The summed E-state index contributed by atoms with van der Waals surface area (Å²) in [4.78, 5) is 0. The molecule has 1 unspecified atom stereocenters. The van der Waals surface area contributed by atoms with E-state index in [1.54, 1.807) is 0 Å². The normalized spacial score (nSPS) is 15.2. The molecule has 0 aliphatic heterocycles. The predicted octanol–water partition coefficient (Wildman–Crippen LogP) is 1.80. The van der Waals surface area contributed by atoms with Crippen LogP contribution in [0.2, 0.25) is 0 Å². The summed E-state index contributed by atoms with van der Waals surface area (Å²) in [5.74, 6) is 0.412. The van der Waals surface area contributed by atoms with Gasteiger partial charge < -0.3 is 10.2 Å². The van der Waals surface area contributed by atoms with Gasteiger partial charge >= 0.3 is 0 Å². The molecule has 0 aromatic rings. The fourth-order valence-electron chi connectivity index (χ4n) is 2.10. The van der Waals surface area contributed by atoms with E-state index in [1.807, 2.05) is 0 Å². The molecule has 0 aromatic heterocycles. The molecule has 0 spiro atoms. The lowest BCUT2D eigenvalue weighted by Gasteiger charge is -2.39. The second-order valence-electron chi connectivity index (χ2n) is 3.79. The average molecular weight is 174 g/mol. The molecule has 0 saturated carbocycles. The van der Waals surface area contributed by atoms with Gasteiger partial charge in [-0.2, -0.15) is 0 Å². The minimum Gasteiger partial charge on any atom is -0.394 e. The maximum absolute atomic E-state index is 9.69. The van der Waals surface area contributed by atoms with Crippen molar-refractivity contribution in [2.75, 3.05) is 6.61 Å². The van der Waals surface area contributed by atoms with Crippen molar-refractivity contribution in [1.82, 2.24) is 0 Å². The first kappa shape index (κ1) is 11.9. The van der Waals surface area contributed by atoms with Crippen LogP contribution in [0.3, 0.4) is 0 Å². The van der Waals surface area contributed by atoms with Crippen molar-refractivity contribution in [1.29, 1.82) is 0 Å². The number of rotatable bonds is 5. The van der Waals surface area contributed by atoms with Crippen molar-refractivity contribution >= 4 is 0 Å². The Hall–Kier alpha value is -0.0800. The second-order valence-corrected chi connectivity index (χ2v) is 3.79. The lowest BCUT2D eigenvalue weighted by molar-refractivity contribution is -0.0486. The Morgan fingerprint density at radius 3 is 1.67 bits per heavy atom. The molecule has 0 bridgehead atoms. The fraction of sp³-hybridized carbons (Fsp3) is 1.00. The number of hydrogen-bond acceptors (Lipinski definition) is 2. The zero-order valence-electron chi connectivity index (χ0n) is 8.67. The van der Waals surface area contributed by atoms with E-state index in [9.17, 15) is 5.11 Å². The lowest BCUT2D eigenvalue weighted by atomic mass is 9.69. The predicted molar refractivity (Wildman–Crippen MR) is 50.9 cm³/mol. The number of aliphatic hydroxyl groups excluding tert-OH is 2. The van der Waals surface area contributed by atoms with E-state index in [-0.39, 0.29) is 12.0 Å². The fourth-order valence-corrected chi connectivity index (χ4v) is 2.10. The van der Waals surface area contributed by atoms with Crippen LogP contribution in [0.1, 0.15) is 40.5 Å². The van der Waals surface area contributed by atoms with Crippen LogP contribution in [0.25, 0.3) is 0 Å². The molecule has 0 heterocycles. The average Bonchev–Trinajstić information content (AvgIpc) is 2.06. The maximum atomic E-state index is 9.69. The first-order valence-electron chi connectivity index (χ1n) is 4.84. The molecule has 2 nitrogen and oxygen atoms in total. The summed E-state index contributed by atoms with van der Waals surface area (Å²) >= 11 is 0. The van der Waals surface area contributed by atoms with Crippen molar-refractivity contribution in [3.8, 4) is 0 Å². The Kier molecular flexibility index (Phi) is 4.80. The van der Waals surface area contributed by atoms with Crippen LogP contribution in [0.15, 0.2) is 0 Å². The summed E-state index contributed by atoms with van der Waals surface area (Å²) in [6.07, 6.45) is 1.26. The van der Waals surface area contributed by atoms with Crippen LogP contribution in [0, 0.1) is 11.3 Å². The third kappa shape index (κ3) is 1.99. The SMILES string of the molecule is CCC(CC)(C(C)C)C(O)CO. The molecule has 2 N–H and O–H groups in total. The van der Waals surface area contributed by atoms with E-state index in [1.165, 1.54) is 0 Å². The zero-order valence-corrected chi connectivity index (χ0v) is 8.67. The molecule has 0 aromatic carbocycles. The quantitative estimate of drug-likeness (QED) is 0.667. The summed E-state index contributed by atoms with van der Waals surface area (Å²) in [5, 5.41) is 18.6. The third-order valence-electron chi connectivity index (χ3n) is 3.30. The zero-order chi connectivity index (χ0) is 9.78. The smallest absolute Gasteiger partial charge is 0.0829 e. The molecule has 0 aliphatic carbocycles. The van der Waals surface area contributed by atoms with Gasteiger partial charge in [0.2, 0.25) is 0 Å². The summed E-state index contributed by atoms with van der Waals surface area (Å²) in [7, 11) is 0. The standard InChI is InChI=1S/C10H22O2/c1-5-10(6-2,8(3)4)9(12)7-11/h8-9,11-12H,5-7H2,1-4H3. The second kappa shape index (κ2) is 4.83. The Morgan fingerprint density at radius 2 is 1.58 bits per heavy atom. The van der Waals surface area contributed by atoms with Gasteiger partial charge in [0.1, 0.15) is 0 Å². The molecule has 1 atom stereocenters. The molecule has 0 saturated heterocycles. The third-order valence-corrected chi connectivity index (χ3v) is 3.30. The Morgan fingerprint density at radius 1 is 1.17 bits per heavy atom. The van der Waals surface area contributed by atoms with E-state index < -0.39 is 6.10 Å². The lowest BCUT2D eigenvalue weighted by Crippen LogP contribution is -2.41. The molecule has 74 valence electrons. The minimum atomic E-state index is -0.576. The highest BCUT2D eigenvalue weighted by molar-refractivity contribution is 4.86. The van der Waals surface area contributed by atoms with Gasteiger partial charge in [0.15, 0.2) is 0 Å². The molecule has 2 heteroatoms. The Labute approximate surface area is 75.6 Å². The van der Waals surface area contributed by atoms with Gasteiger partial charge in [-0.15, -0.1) is 0 Å². The van der Waals surface area contributed by atoms with Gasteiger partial charge in [-0.05, 0) is 18.8 Å². The van der Waals surface area contributed by atoms with Crippen LogP contribution < -0.4 is 0 Å². The first-order valence-corrected chi connectivity index (χ1v) is 4.84. The molecule has 0 amide bonds. The Bertz CT molecular complexity index is 117. The van der Waals surface area contributed by atoms with Gasteiger partial charge in [0, 0.05) is 5.41 Å². The molecule has 0 radical (unpaired) electrons. The maximum Gasteiger partial charge on any atom is 0.0829 e. The molecule has 0 rings (SSSR count). The van der Waals surface area contributed by atoms with Crippen molar-refractivity contribution in [3.05, 3.63) is 0 Å². The molecule has 0 fully saturated rings. The summed E-state index contributed by atoms with van der Waals surface area (Å²) in [6.45, 7) is 8.22. The first-order chi connectivity index (χ1) is 5.55. The van der Waals surface area contributed by atoms with Gasteiger partial charge in [-0.3, -0.25) is 0 Å². The van der Waals surface area contributed by atoms with E-state index in [2.05, 4.69) is 27.7 Å². The molecule has 0 aliphatic rings. The van der Waals surface area contributed by atoms with Crippen LogP contribution in [0.5, 0.6) is 0 Å². The highest BCUT2D eigenvalue weighted by Crippen LogP contribution is 2.38. The summed E-state index contributed by atoms with van der Waals surface area (Å²) in [6, 6.07) is 0. The van der Waals surface area contributed by atoms with Crippen LogP contribution in [0.4, 0.5) is 0 Å². The van der Waals surface area contributed by atoms with Crippen molar-refractivity contribution in [2.24, 2.45) is 11.3 Å². The van der Waals surface area contributed by atoms with Crippen LogP contribution in [-0.2, 0) is 0 Å². The van der Waals surface area contributed by atoms with Crippen molar-refractivity contribution in [3.63, 3.8) is 0 Å². The van der Waals surface area contributed by atoms with Gasteiger partial charge in [0.25, 0.3) is 0 Å². The largest absolute Gasteiger partial charge is 0.394 e. The van der Waals surface area contributed by atoms with Crippen LogP contribution in [-0.4, -0.2) is 22.9 Å². The molecular formula is C10H22O2. The summed E-state index contributed by atoms with van der Waals surface area (Å²) in [5.41, 5.74) is -0.102. The Balaban J connectivity index is 4.56. The highest BCUT2D eigenvalue weighted by atomic mass is 16.3. The number of hydrogen-bond donors (Lipinski definition) is 2. The van der Waals surface area contributed by atoms with Gasteiger partial charge in [0.05, 0.1) is 12.7 Å². The van der Waals surface area contributed by atoms with E-state index in [4.69, 9.17) is 5.11 Å². The summed E-state index contributed by atoms with van der Waals surface area (Å²) < 4.78 is 0. The van der Waals surface area contributed by atoms with E-state index in [0.717, 1.165) is 12.8 Å². The van der Waals surface area contributed by atoms with E-state index >= 15 is 0 Å². The number of aliphatic hydroxyl groups is 2. The highest BCUT2D eigenvalue weighted by Gasteiger charge is 2.36. The van der Waals surface area contributed by atoms with Crippen LogP contribution >= 0.6 is 0 Å².